The van der Waals surface area contributed by atoms with Crippen molar-refractivity contribution in [1.29, 1.82) is 0 Å². The molecule has 0 aliphatic heterocycles. The molecule has 1 aromatic carbocycles. The highest BCUT2D eigenvalue weighted by atomic mass is 15.1. The summed E-state index contributed by atoms with van der Waals surface area (Å²) in [6.45, 7) is 16.3. The molecule has 26 heavy (non-hydrogen) atoms. The van der Waals surface area contributed by atoms with E-state index in [0.29, 0.717) is 17.4 Å². The molecular weight excluding hydrogens is 314 g/mol. The Morgan fingerprint density at radius 3 is 2.50 bits per heavy atom. The Kier molecular flexibility index (Phi) is 6.77. The molecule has 1 saturated carbocycles. The lowest BCUT2D eigenvalue weighted by Gasteiger charge is -2.35. The summed E-state index contributed by atoms with van der Waals surface area (Å²) >= 11 is 0. The molecule has 0 amide bonds. The van der Waals surface area contributed by atoms with E-state index in [1.165, 1.54) is 40.1 Å². The molecule has 1 nitrogen and oxygen atoms in total. The lowest BCUT2D eigenvalue weighted by atomic mass is 9.82. The van der Waals surface area contributed by atoms with E-state index in [4.69, 9.17) is 0 Å². The van der Waals surface area contributed by atoms with Gasteiger partial charge in [-0.05, 0) is 67.7 Å². The van der Waals surface area contributed by atoms with Crippen molar-refractivity contribution >= 4 is 11.8 Å². The van der Waals surface area contributed by atoms with E-state index in [0.717, 1.165) is 12.8 Å². The Balaban J connectivity index is 2.71. The molecule has 1 aliphatic rings. The van der Waals surface area contributed by atoms with Crippen LogP contribution in [0.3, 0.4) is 0 Å². The first-order valence-corrected chi connectivity index (χ1v) is 10.4. The van der Waals surface area contributed by atoms with Crippen molar-refractivity contribution in [2.24, 2.45) is 11.3 Å². The van der Waals surface area contributed by atoms with Crippen molar-refractivity contribution in [3.63, 3.8) is 0 Å². The SMILES string of the molecule is CC\C=c1/c(C)ccc/c1=C(\C=C(/C)CC)N(C)C1CCC(C)(C)C1C. The third kappa shape index (κ3) is 4.24. The summed E-state index contributed by atoms with van der Waals surface area (Å²) in [7, 11) is 2.31. The van der Waals surface area contributed by atoms with Gasteiger partial charge in [0.15, 0.2) is 0 Å². The topological polar surface area (TPSA) is 3.24 Å². The maximum absolute atomic E-state index is 2.58. The molecule has 1 heteroatoms. The Labute approximate surface area is 161 Å². The second-order valence-corrected chi connectivity index (χ2v) is 8.87. The lowest BCUT2D eigenvalue weighted by molar-refractivity contribution is 0.205. The highest BCUT2D eigenvalue weighted by Gasteiger charge is 2.40. The first-order chi connectivity index (χ1) is 12.2. The van der Waals surface area contributed by atoms with Crippen LogP contribution in [-0.2, 0) is 0 Å². The van der Waals surface area contributed by atoms with E-state index in [1.54, 1.807) is 0 Å². The van der Waals surface area contributed by atoms with Crippen LogP contribution >= 0.6 is 0 Å². The molecule has 0 heterocycles. The van der Waals surface area contributed by atoms with Crippen LogP contribution in [0, 0.1) is 18.3 Å². The van der Waals surface area contributed by atoms with Gasteiger partial charge in [-0.1, -0.05) is 64.5 Å². The van der Waals surface area contributed by atoms with Crippen molar-refractivity contribution in [3.8, 4) is 0 Å². The molecule has 0 bridgehead atoms. The van der Waals surface area contributed by atoms with Gasteiger partial charge < -0.3 is 4.90 Å². The molecule has 0 saturated heterocycles. The summed E-state index contributed by atoms with van der Waals surface area (Å²) in [6, 6.07) is 7.36. The predicted molar refractivity (Wildman–Crippen MR) is 116 cm³/mol. The Morgan fingerprint density at radius 1 is 1.27 bits per heavy atom. The van der Waals surface area contributed by atoms with Crippen LogP contribution in [0.2, 0.25) is 0 Å². The summed E-state index contributed by atoms with van der Waals surface area (Å²) in [6.07, 6.45) is 9.58. The Bertz CT molecular complexity index is 766. The Morgan fingerprint density at radius 2 is 1.96 bits per heavy atom. The zero-order chi connectivity index (χ0) is 19.5. The van der Waals surface area contributed by atoms with Gasteiger partial charge in [-0.3, -0.25) is 0 Å². The van der Waals surface area contributed by atoms with Crippen LogP contribution in [0.5, 0.6) is 0 Å². The highest BCUT2D eigenvalue weighted by Crippen LogP contribution is 2.45. The van der Waals surface area contributed by atoms with Crippen molar-refractivity contribution in [2.75, 3.05) is 7.05 Å². The first-order valence-electron chi connectivity index (χ1n) is 10.4. The lowest BCUT2D eigenvalue weighted by Crippen LogP contribution is -2.40. The molecule has 0 radical (unpaired) electrons. The van der Waals surface area contributed by atoms with Crippen LogP contribution in [0.15, 0.2) is 29.8 Å². The molecule has 2 atom stereocenters. The number of hydrogen-bond acceptors (Lipinski definition) is 1. The van der Waals surface area contributed by atoms with E-state index < -0.39 is 0 Å². The number of hydrogen-bond donors (Lipinski definition) is 0. The van der Waals surface area contributed by atoms with Crippen molar-refractivity contribution in [3.05, 3.63) is 45.8 Å². The fraction of sp³-hybridized carbons (Fsp3) is 0.600. The molecule has 2 unspecified atom stereocenters. The van der Waals surface area contributed by atoms with Crippen LogP contribution < -0.4 is 10.4 Å². The van der Waals surface area contributed by atoms with Gasteiger partial charge in [0.05, 0.1) is 0 Å². The molecule has 0 spiro atoms. The Hall–Kier alpha value is -1.50. The van der Waals surface area contributed by atoms with E-state index in [1.807, 2.05) is 0 Å². The molecule has 2 rings (SSSR count). The van der Waals surface area contributed by atoms with Crippen LogP contribution in [0.4, 0.5) is 0 Å². The fourth-order valence-electron chi connectivity index (χ4n) is 4.31. The van der Waals surface area contributed by atoms with Gasteiger partial charge >= 0.3 is 0 Å². The van der Waals surface area contributed by atoms with E-state index in [9.17, 15) is 0 Å². The maximum Gasteiger partial charge on any atom is 0.0445 e. The number of aryl methyl sites for hydroxylation is 1. The molecule has 1 aliphatic carbocycles. The van der Waals surface area contributed by atoms with E-state index in [2.05, 4.69) is 90.8 Å². The predicted octanol–water partition coefficient (Wildman–Crippen LogP) is 5.41. The fourth-order valence-corrected chi connectivity index (χ4v) is 4.31. The number of likely N-dealkylation sites (N-methyl/N-ethyl adjacent to an activating group) is 1. The third-order valence-corrected chi connectivity index (χ3v) is 6.72. The monoisotopic (exact) mass is 353 g/mol. The summed E-state index contributed by atoms with van der Waals surface area (Å²) in [5, 5.41) is 2.79. The third-order valence-electron chi connectivity index (χ3n) is 6.72. The average Bonchev–Trinajstić information content (AvgIpc) is 2.87. The number of benzene rings is 1. The largest absolute Gasteiger partial charge is 0.371 e. The minimum absolute atomic E-state index is 0.429. The normalized spacial score (nSPS) is 24.8. The molecule has 0 aromatic heterocycles. The van der Waals surface area contributed by atoms with Gasteiger partial charge in [-0.25, -0.2) is 0 Å². The summed E-state index contributed by atoms with van der Waals surface area (Å²) in [4.78, 5) is 2.58. The number of nitrogens with zero attached hydrogens (tertiary/aromatic N) is 1. The van der Waals surface area contributed by atoms with Crippen molar-refractivity contribution in [2.45, 2.75) is 80.2 Å². The quantitative estimate of drug-likeness (QED) is 0.684. The molecule has 1 aromatic rings. The maximum atomic E-state index is 2.58. The summed E-state index contributed by atoms with van der Waals surface area (Å²) in [5.41, 5.74) is 4.64. The molecule has 0 N–H and O–H groups in total. The minimum atomic E-state index is 0.429. The smallest absolute Gasteiger partial charge is 0.0445 e. The van der Waals surface area contributed by atoms with Crippen LogP contribution in [0.25, 0.3) is 11.8 Å². The summed E-state index contributed by atoms with van der Waals surface area (Å²) < 4.78 is 0. The first kappa shape index (κ1) is 20.8. The average molecular weight is 354 g/mol. The molecule has 144 valence electrons. The van der Waals surface area contributed by atoms with Gasteiger partial charge in [-0.15, -0.1) is 0 Å². The van der Waals surface area contributed by atoms with Crippen molar-refractivity contribution < 1.29 is 0 Å². The molecule has 1 fully saturated rings. The highest BCUT2D eigenvalue weighted by molar-refractivity contribution is 5.58. The van der Waals surface area contributed by atoms with Crippen LogP contribution in [0.1, 0.15) is 72.8 Å². The zero-order valence-electron chi connectivity index (χ0n) is 18.3. The summed E-state index contributed by atoms with van der Waals surface area (Å²) in [5.74, 6) is 0.696. The van der Waals surface area contributed by atoms with Crippen molar-refractivity contribution in [1.82, 2.24) is 4.90 Å². The second-order valence-electron chi connectivity index (χ2n) is 8.87. The van der Waals surface area contributed by atoms with Gasteiger partial charge in [0.25, 0.3) is 0 Å². The van der Waals surface area contributed by atoms with Gasteiger partial charge in [-0.2, -0.15) is 0 Å². The van der Waals surface area contributed by atoms with Gasteiger partial charge in [0, 0.05) is 24.0 Å². The van der Waals surface area contributed by atoms with Gasteiger partial charge in [0.1, 0.15) is 0 Å². The van der Waals surface area contributed by atoms with Crippen LogP contribution in [-0.4, -0.2) is 18.0 Å². The number of allylic oxidation sites excluding steroid dienone is 1. The van der Waals surface area contributed by atoms with Gasteiger partial charge in [0.2, 0.25) is 0 Å². The van der Waals surface area contributed by atoms with E-state index in [-0.39, 0.29) is 0 Å². The molecular formula is C25H39N. The second kappa shape index (κ2) is 8.46. The number of rotatable bonds is 5. The standard InChI is InChI=1S/C25H39N/c1-9-12-21-19(4)13-11-14-22(21)24(17-18(3)10-2)26(8)23-15-16-25(6,7)20(23)5/h11-14,17,20,23H,9-10,15-16H2,1-8H3/b18-17+,21-12+,24-22-. The van der Waals surface area contributed by atoms with E-state index >= 15 is 0 Å². The minimum Gasteiger partial charge on any atom is -0.371 e. The zero-order valence-corrected chi connectivity index (χ0v) is 18.3.